The van der Waals surface area contributed by atoms with Gasteiger partial charge in [-0.1, -0.05) is 228 Å². The molecule has 0 saturated heterocycles. The van der Waals surface area contributed by atoms with Gasteiger partial charge in [-0.25, -0.2) is 0 Å². The number of hydrogen-bond donors (Lipinski definition) is 1. The molecule has 18 rings (SSSR count). The van der Waals surface area contributed by atoms with Crippen LogP contribution in [0.5, 0.6) is 0 Å². The second-order valence-corrected chi connectivity index (χ2v) is 29.0. The standard InChI is InChI=1S/C45H34N2S.C27H22BrN.C18H13NS.2CH4/c1-45(2)41-29-35(46(31-14-6-3-7-15-31)32-16-8-4-9-17-32)22-25-37(41)38-26-23-36(30-42(38)45)47(33-18-10-5-11-19-33)34-24-27-44-40(28-34)39-20-12-13-21-43(39)48-44;1-27(2)25-17-19(28)13-15-23(25)24-16-14-22(18-26(24)27)29(20-9-5-3-6-10-20)21-11-7-4-8-12-21;1-2-6-13(7-3-1)19-14-10-11-18-16(12-14)15-8-4-5-9-17(15)20-18;;/h3-30H,1-2H3;3-18H,1-2H3;1-12,19H;2*1H4. The van der Waals surface area contributed by atoms with Crippen molar-refractivity contribution in [1.29, 1.82) is 0 Å². The highest BCUT2D eigenvalue weighted by atomic mass is 79.9. The minimum absolute atomic E-state index is 0. The number of benzene rings is 14. The number of nitrogens with one attached hydrogen (secondary N) is 1. The fourth-order valence-electron chi connectivity index (χ4n) is 14.4. The van der Waals surface area contributed by atoms with Gasteiger partial charge >= 0.3 is 0 Å². The van der Waals surface area contributed by atoms with Crippen molar-refractivity contribution in [3.05, 3.63) is 366 Å². The van der Waals surface area contributed by atoms with Gasteiger partial charge in [0.05, 0.1) is 0 Å². The summed E-state index contributed by atoms with van der Waals surface area (Å²) in [6, 6.07) is 122. The number of anilines is 11. The molecule has 0 aliphatic heterocycles. The lowest BCUT2D eigenvalue weighted by atomic mass is 9.82. The summed E-state index contributed by atoms with van der Waals surface area (Å²) in [5, 5.41) is 8.73. The monoisotopic (exact) mass is 1380 g/mol. The minimum Gasteiger partial charge on any atom is -0.356 e. The highest BCUT2D eigenvalue weighted by molar-refractivity contribution is 9.10. The van der Waals surface area contributed by atoms with Gasteiger partial charge in [-0.3, -0.25) is 0 Å². The molecule has 7 heteroatoms. The van der Waals surface area contributed by atoms with Crippen molar-refractivity contribution in [2.45, 2.75) is 53.4 Å². The van der Waals surface area contributed by atoms with E-state index in [1.165, 1.54) is 90.5 Å². The van der Waals surface area contributed by atoms with Crippen LogP contribution in [0.15, 0.2) is 344 Å². The fourth-order valence-corrected chi connectivity index (χ4v) is 16.9. The van der Waals surface area contributed by atoms with Gasteiger partial charge in [0.15, 0.2) is 0 Å². The molecule has 2 heterocycles. The second-order valence-electron chi connectivity index (χ2n) is 25.9. The number of hydrogen-bond acceptors (Lipinski definition) is 6. The molecule has 4 nitrogen and oxygen atoms in total. The van der Waals surface area contributed by atoms with Crippen molar-refractivity contribution in [3.8, 4) is 22.3 Å². The maximum atomic E-state index is 3.65. The van der Waals surface area contributed by atoms with Gasteiger partial charge in [0.25, 0.3) is 0 Å². The SMILES string of the molecule is C.C.CC1(C)c2cc(Br)ccc2-c2ccc(N(c3ccccc3)c3ccccc3)cc21.CC1(C)c2cc(N(c3ccccc3)c3ccccc3)ccc2-c2ccc(N(c3ccccc3)c3ccc4sc5ccccc5c4c3)cc21.c1ccc(Nc2ccc3sc4ccccc4c3c2)cc1. The maximum absolute atomic E-state index is 3.65. The van der Waals surface area contributed by atoms with Gasteiger partial charge in [0.2, 0.25) is 0 Å². The Hall–Kier alpha value is -10.8. The van der Waals surface area contributed by atoms with Gasteiger partial charge in [-0.05, 0) is 214 Å². The Kier molecular flexibility index (Phi) is 18.3. The summed E-state index contributed by atoms with van der Waals surface area (Å²) in [5.41, 5.74) is 23.2. The molecule has 0 fully saturated rings. The highest BCUT2D eigenvalue weighted by Gasteiger charge is 2.38. The summed E-state index contributed by atoms with van der Waals surface area (Å²) < 4.78 is 6.46. The molecule has 0 atom stereocenters. The molecule has 2 aromatic heterocycles. The number of thiophene rings is 2. The zero-order valence-corrected chi connectivity index (χ0v) is 57.6. The van der Waals surface area contributed by atoms with Crippen LogP contribution in [-0.2, 0) is 10.8 Å². The van der Waals surface area contributed by atoms with E-state index in [-0.39, 0.29) is 25.7 Å². The lowest BCUT2D eigenvalue weighted by Gasteiger charge is -2.29. The van der Waals surface area contributed by atoms with Gasteiger partial charge in [-0.15, -0.1) is 22.7 Å². The first-order valence-corrected chi connectivity index (χ1v) is 35.5. The molecule has 0 saturated carbocycles. The van der Waals surface area contributed by atoms with E-state index in [0.717, 1.165) is 61.3 Å². The third-order valence-electron chi connectivity index (χ3n) is 19.2. The van der Waals surface area contributed by atoms with Crippen LogP contribution < -0.4 is 20.0 Å². The molecule has 2 aliphatic rings. The van der Waals surface area contributed by atoms with Crippen molar-refractivity contribution >= 4 is 142 Å². The lowest BCUT2D eigenvalue weighted by molar-refractivity contribution is 0.660. The van der Waals surface area contributed by atoms with Crippen LogP contribution in [0.25, 0.3) is 62.6 Å². The molecule has 16 aromatic rings. The normalized spacial score (nSPS) is 12.5. The van der Waals surface area contributed by atoms with Crippen LogP contribution in [0.1, 0.15) is 64.8 Å². The van der Waals surface area contributed by atoms with E-state index in [0.29, 0.717) is 0 Å². The number of halogens is 1. The van der Waals surface area contributed by atoms with Crippen LogP contribution in [-0.4, -0.2) is 0 Å². The van der Waals surface area contributed by atoms with Gasteiger partial charge < -0.3 is 20.0 Å². The summed E-state index contributed by atoms with van der Waals surface area (Å²) in [5.74, 6) is 0. The van der Waals surface area contributed by atoms with Crippen LogP contribution in [0.3, 0.4) is 0 Å². The Labute approximate surface area is 599 Å². The number of para-hydroxylation sites is 6. The smallest absolute Gasteiger partial charge is 0.0468 e. The first-order valence-electron chi connectivity index (χ1n) is 33.1. The molecule has 99 heavy (non-hydrogen) atoms. The number of fused-ring (bicyclic) bond motifs is 12. The molecule has 1 N–H and O–H groups in total. The summed E-state index contributed by atoms with van der Waals surface area (Å²) >= 11 is 7.36. The number of nitrogens with zero attached hydrogens (tertiary/aromatic N) is 3. The van der Waals surface area contributed by atoms with Crippen molar-refractivity contribution in [2.24, 2.45) is 0 Å². The average molecular weight is 1380 g/mol. The molecule has 2 aliphatic carbocycles. The predicted molar refractivity (Wildman–Crippen MR) is 435 cm³/mol. The van der Waals surface area contributed by atoms with E-state index in [1.54, 1.807) is 0 Å². The number of rotatable bonds is 11. The molecule has 0 unspecified atom stereocenters. The molecule has 0 bridgehead atoms. The average Bonchev–Trinajstić information content (AvgIpc) is 1.58. The van der Waals surface area contributed by atoms with Gasteiger partial charge in [0, 0.05) is 118 Å². The Morgan fingerprint density at radius 2 is 0.545 bits per heavy atom. The predicted octanol–water partition coefficient (Wildman–Crippen LogP) is 28.6. The quantitative estimate of drug-likeness (QED) is 0.139. The molecular weight excluding hydrogens is 1310 g/mol. The first kappa shape index (κ1) is 65.5. The molecule has 0 amide bonds. The van der Waals surface area contributed by atoms with Crippen LogP contribution in [0.4, 0.5) is 62.6 Å². The topological polar surface area (TPSA) is 21.8 Å². The van der Waals surface area contributed by atoms with Crippen molar-refractivity contribution in [2.75, 3.05) is 20.0 Å². The summed E-state index contributed by atoms with van der Waals surface area (Å²) in [7, 11) is 0. The molecule has 14 aromatic carbocycles. The third kappa shape index (κ3) is 12.5. The largest absolute Gasteiger partial charge is 0.356 e. The van der Waals surface area contributed by atoms with E-state index >= 15 is 0 Å². The van der Waals surface area contributed by atoms with E-state index in [2.05, 4.69) is 385 Å². The zero-order chi connectivity index (χ0) is 65.6. The van der Waals surface area contributed by atoms with Crippen molar-refractivity contribution < 1.29 is 0 Å². The minimum atomic E-state index is -0.189. The summed E-state index contributed by atoms with van der Waals surface area (Å²) in [4.78, 5) is 7.09. The molecule has 0 spiro atoms. The molecule has 0 radical (unpaired) electrons. The van der Waals surface area contributed by atoms with E-state index in [1.807, 2.05) is 40.9 Å². The van der Waals surface area contributed by atoms with Crippen molar-refractivity contribution in [3.63, 3.8) is 0 Å². The van der Waals surface area contributed by atoms with Crippen LogP contribution in [0.2, 0.25) is 0 Å². The first-order chi connectivity index (χ1) is 47.5. The molecule has 484 valence electrons. The zero-order valence-electron chi connectivity index (χ0n) is 54.4. The molecular formula is C92H77BrN4S2. The fraction of sp³-hybridized carbons (Fsp3) is 0.0870. The van der Waals surface area contributed by atoms with Crippen LogP contribution >= 0.6 is 38.6 Å². The Balaban J connectivity index is 0.000000139. The maximum Gasteiger partial charge on any atom is 0.0468 e. The summed E-state index contributed by atoms with van der Waals surface area (Å²) in [6.07, 6.45) is 0. The second kappa shape index (κ2) is 27.6. The van der Waals surface area contributed by atoms with Gasteiger partial charge in [0.1, 0.15) is 0 Å². The van der Waals surface area contributed by atoms with Crippen molar-refractivity contribution in [1.82, 2.24) is 0 Å². The van der Waals surface area contributed by atoms with E-state index < -0.39 is 0 Å². The van der Waals surface area contributed by atoms with Gasteiger partial charge in [-0.2, -0.15) is 0 Å². The Bertz CT molecular complexity index is 5440. The Morgan fingerprint density at radius 3 is 0.949 bits per heavy atom. The van der Waals surface area contributed by atoms with Crippen LogP contribution in [0, 0.1) is 0 Å². The van der Waals surface area contributed by atoms with E-state index in [4.69, 9.17) is 0 Å². The van der Waals surface area contributed by atoms with E-state index in [9.17, 15) is 0 Å². The lowest BCUT2D eigenvalue weighted by Crippen LogP contribution is -2.17. The third-order valence-corrected chi connectivity index (χ3v) is 22.0. The Morgan fingerprint density at radius 1 is 0.253 bits per heavy atom. The summed E-state index contributed by atoms with van der Waals surface area (Å²) in [6.45, 7) is 9.39. The highest BCUT2D eigenvalue weighted by Crippen LogP contribution is 2.54.